The van der Waals surface area contributed by atoms with Gasteiger partial charge in [-0.1, -0.05) is 76.9 Å². The summed E-state index contributed by atoms with van der Waals surface area (Å²) >= 11 is 1.51. The Balaban J connectivity index is -0.000000315. The number of carbonyl (C=O) groups is 4. The lowest BCUT2D eigenvalue weighted by atomic mass is 10.1. The number of epoxide rings is 1. The lowest BCUT2D eigenvalue weighted by molar-refractivity contribution is -0.147. The number of hydrogen-bond donors (Lipinski definition) is 4. The van der Waals surface area contributed by atoms with Gasteiger partial charge in [0.05, 0.1) is 26.0 Å². The number of sulfonamides is 1. The molecule has 0 unspecified atom stereocenters. The minimum Gasteiger partial charge on any atom is -0.464 e. The Morgan fingerprint density at radius 1 is 0.980 bits per heavy atom. The number of nitrogens with one attached hydrogen (secondary N) is 4. The van der Waals surface area contributed by atoms with Crippen LogP contribution in [0.15, 0.2) is 48.5 Å². The summed E-state index contributed by atoms with van der Waals surface area (Å²) in [6.45, 7) is 15.3. The molecule has 1 fully saturated rings. The third-order valence-electron chi connectivity index (χ3n) is 5.06. The maximum atomic E-state index is 12.0. The molecule has 0 saturated carbocycles. The topological polar surface area (TPSA) is 182 Å². The monoisotopic (exact) mass is 732 g/mol. The molecule has 2 aromatic carbocycles. The van der Waals surface area contributed by atoms with Gasteiger partial charge in [0.15, 0.2) is 6.10 Å². The molecule has 4 N–H and O–H groups in total. The van der Waals surface area contributed by atoms with Gasteiger partial charge in [-0.05, 0) is 50.6 Å². The lowest BCUT2D eigenvalue weighted by Crippen LogP contribution is -2.45. The van der Waals surface area contributed by atoms with Crippen molar-refractivity contribution in [1.29, 1.82) is 0 Å². The Kier molecular flexibility index (Phi) is 36.4. The molecule has 0 spiro atoms. The largest absolute Gasteiger partial charge is 0.464 e. The van der Waals surface area contributed by atoms with Crippen LogP contribution in [-0.4, -0.2) is 91.1 Å². The first-order valence-corrected chi connectivity index (χ1v) is 18.7. The molecule has 0 aliphatic carbocycles. The van der Waals surface area contributed by atoms with Gasteiger partial charge in [0.2, 0.25) is 16.4 Å². The van der Waals surface area contributed by atoms with Crippen molar-refractivity contribution in [2.75, 3.05) is 55.4 Å². The summed E-state index contributed by atoms with van der Waals surface area (Å²) in [7, 11) is -1.46. The number of aldehydes is 1. The first kappa shape index (κ1) is 52.2. The summed E-state index contributed by atoms with van der Waals surface area (Å²) in [5, 5.41) is 4.84. The molecule has 15 heteroatoms. The van der Waals surface area contributed by atoms with Gasteiger partial charge in [-0.25, -0.2) is 13.2 Å². The number of amides is 2. The second kappa shape index (κ2) is 34.2. The highest BCUT2D eigenvalue weighted by molar-refractivity contribution is 7.99. The van der Waals surface area contributed by atoms with Gasteiger partial charge >= 0.3 is 5.97 Å². The molecule has 1 saturated heterocycles. The highest BCUT2D eigenvalue weighted by Crippen LogP contribution is 2.15. The first-order chi connectivity index (χ1) is 22.9. The van der Waals surface area contributed by atoms with Crippen molar-refractivity contribution < 1.29 is 41.8 Å². The molecule has 49 heavy (non-hydrogen) atoms. The maximum absolute atomic E-state index is 12.0. The zero-order chi connectivity index (χ0) is 37.4. The third-order valence-corrected chi connectivity index (χ3v) is 6.10. The van der Waals surface area contributed by atoms with Crippen LogP contribution in [0, 0.1) is 6.92 Å². The van der Waals surface area contributed by atoms with Crippen molar-refractivity contribution in [2.45, 2.75) is 74.5 Å². The Labute approximate surface area is 299 Å². The van der Waals surface area contributed by atoms with E-state index in [0.717, 1.165) is 29.7 Å². The van der Waals surface area contributed by atoms with Gasteiger partial charge in [0.1, 0.15) is 12.3 Å². The van der Waals surface area contributed by atoms with Crippen LogP contribution in [0.1, 0.15) is 60.1 Å². The molecule has 282 valence electrons. The Morgan fingerprint density at radius 2 is 1.49 bits per heavy atom. The number of benzene rings is 2. The fourth-order valence-corrected chi connectivity index (χ4v) is 3.83. The van der Waals surface area contributed by atoms with Crippen LogP contribution in [0.3, 0.4) is 0 Å². The number of ether oxygens (including phenoxy) is 3. The summed E-state index contributed by atoms with van der Waals surface area (Å²) in [6, 6.07) is 14.2. The second-order valence-electron chi connectivity index (χ2n) is 8.85. The summed E-state index contributed by atoms with van der Waals surface area (Å²) in [5.41, 5.74) is 3.64. The van der Waals surface area contributed by atoms with Gasteiger partial charge in [-0.15, -0.1) is 0 Å². The zero-order valence-corrected chi connectivity index (χ0v) is 31.6. The van der Waals surface area contributed by atoms with Gasteiger partial charge in [0.25, 0.3) is 5.91 Å². The Hall–Kier alpha value is -3.66. The van der Waals surface area contributed by atoms with E-state index in [2.05, 4.69) is 24.8 Å². The molecular formula is C34H60N4O9S2. The fraction of sp³-hybridized carbons (Fsp3) is 0.529. The third kappa shape index (κ3) is 31.4. The van der Waals surface area contributed by atoms with E-state index in [-0.39, 0.29) is 26.5 Å². The van der Waals surface area contributed by atoms with E-state index in [9.17, 15) is 27.6 Å². The minimum absolute atomic E-state index is 0. The van der Waals surface area contributed by atoms with Crippen molar-refractivity contribution in [1.82, 2.24) is 10.6 Å². The molecule has 13 nitrogen and oxygen atoms in total. The number of esters is 1. The van der Waals surface area contributed by atoms with Gasteiger partial charge < -0.3 is 34.4 Å². The maximum Gasteiger partial charge on any atom is 0.328 e. The zero-order valence-electron chi connectivity index (χ0n) is 30.0. The second-order valence-corrected chi connectivity index (χ2v) is 11.2. The van der Waals surface area contributed by atoms with Crippen molar-refractivity contribution in [3.05, 3.63) is 59.7 Å². The molecule has 0 radical (unpaired) electrons. The number of rotatable bonds is 14. The van der Waals surface area contributed by atoms with E-state index in [1.807, 2.05) is 84.2 Å². The molecule has 2 amide bonds. The first-order valence-electron chi connectivity index (χ1n) is 15.5. The Morgan fingerprint density at radius 3 is 1.86 bits per heavy atom. The molecule has 0 bridgehead atoms. The van der Waals surface area contributed by atoms with Gasteiger partial charge in [0, 0.05) is 37.8 Å². The number of hydrogen-bond acceptors (Lipinski definition) is 11. The fourth-order valence-electron chi connectivity index (χ4n) is 2.89. The molecule has 1 aliphatic rings. The SMILES string of the molecule is C.CC.CC.CCOC.CCOC(=O)[C@H](Cc1ccc(NSC)cc1)NC(=O)[C@@H]1CO1.Cc1ccc(NS(C)(=O)=O)cc1.O=CCNC=O. The normalized spacial score (nSPS) is 12.2. The van der Waals surface area contributed by atoms with E-state index in [0.29, 0.717) is 31.4 Å². The van der Waals surface area contributed by atoms with Crippen LogP contribution < -0.4 is 20.1 Å². The molecule has 2 atom stereocenters. The van der Waals surface area contributed by atoms with Crippen LogP contribution in [0.25, 0.3) is 0 Å². The average molecular weight is 733 g/mol. The number of methoxy groups -OCH3 is 1. The summed E-state index contributed by atoms with van der Waals surface area (Å²) in [4.78, 5) is 42.4. The highest BCUT2D eigenvalue weighted by atomic mass is 32.2. The summed E-state index contributed by atoms with van der Waals surface area (Å²) in [5.74, 6) is -0.693. The smallest absolute Gasteiger partial charge is 0.328 e. The van der Waals surface area contributed by atoms with Crippen LogP contribution in [0.5, 0.6) is 0 Å². The summed E-state index contributed by atoms with van der Waals surface area (Å²) < 4.78 is 41.6. The molecule has 0 aromatic heterocycles. The summed E-state index contributed by atoms with van der Waals surface area (Å²) in [6.07, 6.45) is 4.14. The molecule has 1 heterocycles. The van der Waals surface area contributed by atoms with Gasteiger partial charge in [-0.2, -0.15) is 0 Å². The van der Waals surface area contributed by atoms with E-state index in [1.54, 1.807) is 26.2 Å². The van der Waals surface area contributed by atoms with Crippen LogP contribution in [0.4, 0.5) is 11.4 Å². The van der Waals surface area contributed by atoms with Gasteiger partial charge in [-0.3, -0.25) is 14.3 Å². The minimum atomic E-state index is -3.14. The lowest BCUT2D eigenvalue weighted by Gasteiger charge is -2.17. The van der Waals surface area contributed by atoms with E-state index in [4.69, 9.17) is 9.47 Å². The average Bonchev–Trinajstić information content (AvgIpc) is 3.94. The highest BCUT2D eigenvalue weighted by Gasteiger charge is 2.34. The van der Waals surface area contributed by atoms with Crippen molar-refractivity contribution in [2.24, 2.45) is 0 Å². The predicted molar refractivity (Wildman–Crippen MR) is 202 cm³/mol. The van der Waals surface area contributed by atoms with Crippen LogP contribution in [-0.2, 0) is 49.8 Å². The number of anilines is 2. The van der Waals surface area contributed by atoms with Crippen LogP contribution >= 0.6 is 11.9 Å². The molecule has 2 aromatic rings. The van der Waals surface area contributed by atoms with E-state index < -0.39 is 28.1 Å². The molecule has 1 aliphatic heterocycles. The van der Waals surface area contributed by atoms with Crippen LogP contribution in [0.2, 0.25) is 0 Å². The van der Waals surface area contributed by atoms with Crippen molar-refractivity contribution in [3.63, 3.8) is 0 Å². The molecule has 3 rings (SSSR count). The molecular weight excluding hydrogens is 673 g/mol. The predicted octanol–water partition coefficient (Wildman–Crippen LogP) is 5.00. The number of carbonyl (C=O) groups excluding carboxylic acids is 4. The van der Waals surface area contributed by atoms with E-state index >= 15 is 0 Å². The van der Waals surface area contributed by atoms with E-state index in [1.165, 1.54) is 11.9 Å². The number of aryl methyl sites for hydroxylation is 1. The quantitative estimate of drug-likeness (QED) is 0.0674. The Bertz CT molecular complexity index is 1200. The van der Waals surface area contributed by atoms with Crippen molar-refractivity contribution >= 4 is 57.9 Å². The van der Waals surface area contributed by atoms with Crippen molar-refractivity contribution in [3.8, 4) is 0 Å². The standard InChI is InChI=1S/C15H20N2O4S.C8H11NO2S.C3H5NO2.C3H8O.2C2H6.CH4/c1-3-20-15(19)12(16-14(18)13-9-21-13)8-10-4-6-11(7-5-10)17-22-2;1-7-3-5-8(6-4-7)9-12(2,10)11;5-2-1-4-3-6;1-3-4-2;2*1-2;/h4-7,12-13,17H,3,8-9H2,1-2H3,(H,16,18);3-6,9H,1-2H3;2-3H,1H2,(H,4,6);3H2,1-2H3;2*1-2H3;1H4/t12-,13-;;;;;;/m0....../s1.